The van der Waals surface area contributed by atoms with Crippen LogP contribution >= 0.6 is 23.2 Å². The number of sulfonamides is 1. The van der Waals surface area contributed by atoms with Crippen molar-refractivity contribution in [3.05, 3.63) is 63.6 Å². The molecule has 28 heavy (non-hydrogen) atoms. The van der Waals surface area contributed by atoms with Crippen molar-refractivity contribution < 1.29 is 17.9 Å². The molecule has 1 aliphatic rings. The highest BCUT2D eigenvalue weighted by Gasteiger charge is 2.30. The first kappa shape index (κ1) is 21.1. The predicted molar refractivity (Wildman–Crippen MR) is 108 cm³/mol. The van der Waals surface area contributed by atoms with Gasteiger partial charge in [-0.05, 0) is 35.9 Å². The summed E-state index contributed by atoms with van der Waals surface area (Å²) in [5, 5.41) is 0.495. The van der Waals surface area contributed by atoms with Gasteiger partial charge in [0.05, 0.1) is 17.7 Å². The normalized spacial score (nSPS) is 16.1. The Morgan fingerprint density at radius 3 is 2.29 bits per heavy atom. The number of carbonyl (C=O) groups excluding carboxylic acids is 1. The molecule has 6 nitrogen and oxygen atoms in total. The lowest BCUT2D eigenvalue weighted by atomic mass is 10.1. The molecule has 0 aromatic heterocycles. The van der Waals surface area contributed by atoms with Crippen LogP contribution in [0.3, 0.4) is 0 Å². The Balaban J connectivity index is 1.62. The summed E-state index contributed by atoms with van der Waals surface area (Å²) in [7, 11) is -2.34. The molecule has 2 aromatic rings. The van der Waals surface area contributed by atoms with Crippen LogP contribution in [0.4, 0.5) is 0 Å². The standard InChI is InChI=1S/C19H20Cl2N2O4S/c1-27-19(24)15-4-2-14(3-5-15)13-22-8-10-23(11-9-22)28(25,26)18-12-16(20)6-7-17(18)21/h2-7,12H,8-11,13H2,1H3. The topological polar surface area (TPSA) is 66.9 Å². The fourth-order valence-corrected chi connectivity index (χ4v) is 5.22. The summed E-state index contributed by atoms with van der Waals surface area (Å²) >= 11 is 12.0. The van der Waals surface area contributed by atoms with Crippen LogP contribution in [0.5, 0.6) is 0 Å². The minimum atomic E-state index is -3.69. The summed E-state index contributed by atoms with van der Waals surface area (Å²) < 4.78 is 31.9. The number of ether oxygens (including phenoxy) is 1. The highest BCUT2D eigenvalue weighted by atomic mass is 35.5. The molecule has 0 saturated carbocycles. The number of nitrogens with zero attached hydrogens (tertiary/aromatic N) is 2. The lowest BCUT2D eigenvalue weighted by molar-refractivity contribution is 0.0600. The Morgan fingerprint density at radius 1 is 1.04 bits per heavy atom. The Kier molecular flexibility index (Phi) is 6.62. The number of piperazine rings is 1. The monoisotopic (exact) mass is 442 g/mol. The van der Waals surface area contributed by atoms with Crippen LogP contribution in [0.2, 0.25) is 10.0 Å². The zero-order valence-electron chi connectivity index (χ0n) is 15.3. The molecule has 0 radical (unpaired) electrons. The van der Waals surface area contributed by atoms with Gasteiger partial charge in [-0.25, -0.2) is 13.2 Å². The van der Waals surface area contributed by atoms with E-state index in [1.807, 2.05) is 12.1 Å². The molecule has 0 bridgehead atoms. The van der Waals surface area contributed by atoms with Crippen molar-refractivity contribution >= 4 is 39.2 Å². The van der Waals surface area contributed by atoms with Crippen LogP contribution in [0.15, 0.2) is 47.4 Å². The van der Waals surface area contributed by atoms with Gasteiger partial charge in [-0.15, -0.1) is 0 Å². The fourth-order valence-electron chi connectivity index (χ4n) is 3.06. The van der Waals surface area contributed by atoms with Crippen molar-refractivity contribution in [1.29, 1.82) is 0 Å². The summed E-state index contributed by atoms with van der Waals surface area (Å²) in [6.07, 6.45) is 0. The minimum Gasteiger partial charge on any atom is -0.465 e. The Hall–Kier alpha value is -1.64. The van der Waals surface area contributed by atoms with E-state index in [1.54, 1.807) is 18.2 Å². The minimum absolute atomic E-state index is 0.0357. The molecule has 0 aliphatic carbocycles. The van der Waals surface area contributed by atoms with E-state index < -0.39 is 10.0 Å². The second kappa shape index (κ2) is 8.80. The van der Waals surface area contributed by atoms with E-state index in [1.165, 1.54) is 23.5 Å². The zero-order valence-corrected chi connectivity index (χ0v) is 17.6. The smallest absolute Gasteiger partial charge is 0.337 e. The molecule has 1 aliphatic heterocycles. The average Bonchev–Trinajstić information content (AvgIpc) is 2.70. The van der Waals surface area contributed by atoms with Crippen LogP contribution in [0.1, 0.15) is 15.9 Å². The number of halogens is 2. The number of benzene rings is 2. The third-order valence-electron chi connectivity index (χ3n) is 4.62. The van der Waals surface area contributed by atoms with Gasteiger partial charge in [0.2, 0.25) is 10.0 Å². The van der Waals surface area contributed by atoms with Crippen LogP contribution in [-0.2, 0) is 21.3 Å². The van der Waals surface area contributed by atoms with Gasteiger partial charge < -0.3 is 4.74 Å². The summed E-state index contributed by atoms with van der Waals surface area (Å²) in [5.41, 5.74) is 1.54. The van der Waals surface area contributed by atoms with E-state index in [0.717, 1.165) is 5.56 Å². The molecule has 1 saturated heterocycles. The van der Waals surface area contributed by atoms with Gasteiger partial charge in [-0.2, -0.15) is 4.31 Å². The van der Waals surface area contributed by atoms with Gasteiger partial charge in [0.15, 0.2) is 0 Å². The third kappa shape index (κ3) is 4.67. The van der Waals surface area contributed by atoms with Gasteiger partial charge >= 0.3 is 5.97 Å². The first-order chi connectivity index (χ1) is 13.3. The lowest BCUT2D eigenvalue weighted by Crippen LogP contribution is -2.48. The largest absolute Gasteiger partial charge is 0.465 e. The van der Waals surface area contributed by atoms with Crippen LogP contribution in [-0.4, -0.2) is 56.9 Å². The molecule has 0 amide bonds. The van der Waals surface area contributed by atoms with Crippen LogP contribution in [0.25, 0.3) is 0 Å². The quantitative estimate of drug-likeness (QED) is 0.664. The van der Waals surface area contributed by atoms with Crippen LogP contribution < -0.4 is 0 Å². The highest BCUT2D eigenvalue weighted by molar-refractivity contribution is 7.89. The Morgan fingerprint density at radius 2 is 1.68 bits per heavy atom. The maximum Gasteiger partial charge on any atom is 0.337 e. The summed E-state index contributed by atoms with van der Waals surface area (Å²) in [4.78, 5) is 13.7. The number of hydrogen-bond donors (Lipinski definition) is 0. The van der Waals surface area contributed by atoms with Crippen molar-refractivity contribution in [1.82, 2.24) is 9.21 Å². The molecule has 9 heteroatoms. The van der Waals surface area contributed by atoms with Crippen molar-refractivity contribution in [3.63, 3.8) is 0 Å². The van der Waals surface area contributed by atoms with E-state index in [0.29, 0.717) is 43.3 Å². The molecule has 1 fully saturated rings. The van der Waals surface area contributed by atoms with Crippen molar-refractivity contribution in [2.45, 2.75) is 11.4 Å². The van der Waals surface area contributed by atoms with Gasteiger partial charge in [0.25, 0.3) is 0 Å². The number of carbonyl (C=O) groups is 1. The van der Waals surface area contributed by atoms with E-state index in [2.05, 4.69) is 4.90 Å². The van der Waals surface area contributed by atoms with Crippen molar-refractivity contribution in [2.75, 3.05) is 33.3 Å². The summed E-state index contributed by atoms with van der Waals surface area (Å²) in [6.45, 7) is 2.59. The lowest BCUT2D eigenvalue weighted by Gasteiger charge is -2.34. The molecular formula is C19H20Cl2N2O4S. The Bertz CT molecular complexity index is 956. The predicted octanol–water partition coefficient (Wildman–Crippen LogP) is 3.29. The van der Waals surface area contributed by atoms with E-state index in [9.17, 15) is 13.2 Å². The van der Waals surface area contributed by atoms with Crippen LogP contribution in [0, 0.1) is 0 Å². The van der Waals surface area contributed by atoms with Crippen molar-refractivity contribution in [2.24, 2.45) is 0 Å². The SMILES string of the molecule is COC(=O)c1ccc(CN2CCN(S(=O)(=O)c3cc(Cl)ccc3Cl)CC2)cc1. The molecule has 0 N–H and O–H groups in total. The van der Waals surface area contributed by atoms with Gasteiger partial charge in [-0.3, -0.25) is 4.90 Å². The van der Waals surface area contributed by atoms with Gasteiger partial charge in [0, 0.05) is 37.7 Å². The summed E-state index contributed by atoms with van der Waals surface area (Å²) in [6, 6.07) is 11.6. The zero-order chi connectivity index (χ0) is 20.3. The number of hydrogen-bond acceptors (Lipinski definition) is 5. The number of esters is 1. The Labute approximate surface area is 174 Å². The van der Waals surface area contributed by atoms with E-state index in [-0.39, 0.29) is 15.9 Å². The average molecular weight is 443 g/mol. The molecule has 2 aromatic carbocycles. The molecule has 0 spiro atoms. The fraction of sp³-hybridized carbons (Fsp3) is 0.316. The second-order valence-corrected chi connectivity index (χ2v) is 9.19. The summed E-state index contributed by atoms with van der Waals surface area (Å²) in [5.74, 6) is -0.370. The molecule has 1 heterocycles. The molecule has 3 rings (SSSR count). The van der Waals surface area contributed by atoms with E-state index in [4.69, 9.17) is 27.9 Å². The molecule has 150 valence electrons. The van der Waals surface area contributed by atoms with Gasteiger partial charge in [-0.1, -0.05) is 35.3 Å². The molecular weight excluding hydrogens is 423 g/mol. The van der Waals surface area contributed by atoms with Crippen molar-refractivity contribution in [3.8, 4) is 0 Å². The van der Waals surface area contributed by atoms with Gasteiger partial charge in [0.1, 0.15) is 4.90 Å². The highest BCUT2D eigenvalue weighted by Crippen LogP contribution is 2.28. The molecule has 0 unspecified atom stereocenters. The molecule has 0 atom stereocenters. The first-order valence-electron chi connectivity index (χ1n) is 8.66. The maximum atomic E-state index is 12.9. The third-order valence-corrected chi connectivity index (χ3v) is 7.24. The maximum absolute atomic E-state index is 12.9. The number of rotatable bonds is 5. The first-order valence-corrected chi connectivity index (χ1v) is 10.9. The van der Waals surface area contributed by atoms with E-state index >= 15 is 0 Å². The second-order valence-electron chi connectivity index (χ2n) is 6.44. The number of methoxy groups -OCH3 is 1.